The molecule has 27 nitrogen and oxygen atoms in total. The first-order valence-electron chi connectivity index (χ1n) is 29.0. The van der Waals surface area contributed by atoms with Crippen LogP contribution in [0.4, 0.5) is 52.0 Å². The number of pyridine rings is 3. The Hall–Kier alpha value is -13.2. The lowest BCUT2D eigenvalue weighted by Gasteiger charge is -2.26. The minimum absolute atomic E-state index is 0. The van der Waals surface area contributed by atoms with Gasteiger partial charge in [-0.25, -0.2) is 34.7 Å². The number of hydrogen-bond acceptors (Lipinski definition) is 21. The van der Waals surface area contributed by atoms with Crippen molar-refractivity contribution in [3.63, 3.8) is 0 Å². The molecular weight excluding hydrogens is 1230 g/mol. The number of aromatic nitrogens is 12. The molecule has 0 aliphatic heterocycles. The van der Waals surface area contributed by atoms with E-state index in [0.717, 1.165) is 28.1 Å². The van der Waals surface area contributed by atoms with E-state index in [0.29, 0.717) is 95.6 Å². The lowest BCUT2D eigenvalue weighted by molar-refractivity contribution is 0.0698. The van der Waals surface area contributed by atoms with Crippen LogP contribution < -0.4 is 57.2 Å². The van der Waals surface area contributed by atoms with Crippen LogP contribution in [-0.2, 0) is 26.2 Å². The normalized spacial score (nSPS) is 10.4. The zero-order valence-corrected chi connectivity index (χ0v) is 50.9. The summed E-state index contributed by atoms with van der Waals surface area (Å²) in [5.41, 5.74) is 24.5. The zero-order chi connectivity index (χ0) is 65.5. The van der Waals surface area contributed by atoms with Gasteiger partial charge in [-0.15, -0.1) is 0 Å². The molecule has 10 N–H and O–H groups in total. The molecule has 27 heteroatoms. The fraction of sp³-hybridized carbons (Fsp3) is 0.143. The number of nitrogens with zero attached hydrogens (tertiary/aromatic N) is 14. The van der Waals surface area contributed by atoms with E-state index in [4.69, 9.17) is 31.4 Å². The molecule has 0 radical (unpaired) electrons. The van der Waals surface area contributed by atoms with Crippen molar-refractivity contribution in [1.82, 2.24) is 58.7 Å². The Morgan fingerprint density at radius 1 is 0.433 bits per heavy atom. The first-order chi connectivity index (χ1) is 45.8. The van der Waals surface area contributed by atoms with Gasteiger partial charge in [0.2, 0.25) is 17.6 Å². The van der Waals surface area contributed by atoms with Gasteiger partial charge in [0.1, 0.15) is 68.7 Å². The number of carboxylic acid groups (broad SMARTS) is 1. The molecule has 4 aromatic carbocycles. The Bertz CT molecular complexity index is 4460. The number of carbonyl (C=O) groups is 3. The fourth-order valence-corrected chi connectivity index (χ4v) is 10.0. The standard InChI is InChI=1S/C27H25N7O2.C27H24N6O3.C13H13N7O2.3CH4/c1-36-27-22(13-8-14-29-27)31-23-15-24(34-26(32-23)21(16-30-34)25(28)35)33(17-19-9-4-2-5-10-19)18-20-11-6-3-7-12-20;1-36-26-22(13-8-14-28-26)30-23-15-24(33-25(31-23)21(16-29-33)27(34)35)32(17-19-9-4-2-5-10-19)18-20-11-6-3-7-12-20;1-22-13-8(3-2-4-16-13)18-10-5-9(14)20-12(19-10)7(6-17-20)11(15)21;;;/h2-16H,17-18H2,1H3,(H2,28,35)(H,31,32);2-16H,17-18H2,1H3,(H,30,31)(H,34,35);2-6H,14H2,1H3,(H2,15,21)(H,18,19);3*1H4. The lowest BCUT2D eigenvalue weighted by atomic mass is 10.1. The maximum absolute atomic E-state index is 12.2. The van der Waals surface area contributed by atoms with Crippen LogP contribution in [0.2, 0.25) is 0 Å². The molecule has 2 amide bonds. The van der Waals surface area contributed by atoms with Crippen LogP contribution in [0.15, 0.2) is 213 Å². The summed E-state index contributed by atoms with van der Waals surface area (Å²) in [6.07, 6.45) is 8.99. The van der Waals surface area contributed by atoms with Crippen molar-refractivity contribution >= 4 is 86.7 Å². The quantitative estimate of drug-likeness (QED) is 0.0331. The van der Waals surface area contributed by atoms with E-state index in [1.165, 1.54) is 37.3 Å². The highest BCUT2D eigenvalue weighted by atomic mass is 16.5. The number of hydrogen-bond donors (Lipinski definition) is 7. The molecule has 0 bridgehead atoms. The van der Waals surface area contributed by atoms with E-state index in [2.05, 4.69) is 119 Å². The van der Waals surface area contributed by atoms with E-state index in [1.807, 2.05) is 97.1 Å². The van der Waals surface area contributed by atoms with Gasteiger partial charge in [-0.3, -0.25) is 9.59 Å². The number of nitrogen functional groups attached to an aromatic ring is 1. The molecule has 0 unspecified atom stereocenters. The maximum atomic E-state index is 12.2. The fourth-order valence-electron chi connectivity index (χ4n) is 10.0. The van der Waals surface area contributed by atoms with Crippen molar-refractivity contribution < 1.29 is 33.7 Å². The third-order valence-electron chi connectivity index (χ3n) is 14.4. The zero-order valence-electron chi connectivity index (χ0n) is 50.9. The van der Waals surface area contributed by atoms with Crippen molar-refractivity contribution in [1.29, 1.82) is 0 Å². The summed E-state index contributed by atoms with van der Waals surface area (Å²) in [4.78, 5) is 66.0. The Labute approximate surface area is 559 Å². The minimum atomic E-state index is -1.10. The van der Waals surface area contributed by atoms with Crippen LogP contribution in [0.3, 0.4) is 0 Å². The number of anilines is 9. The number of fused-ring (bicyclic) bond motifs is 3. The average Bonchev–Trinajstić information content (AvgIpc) is 1.69. The van der Waals surface area contributed by atoms with E-state index in [1.54, 1.807) is 65.1 Å². The molecule has 0 aliphatic rings. The molecule has 9 aromatic heterocycles. The number of ether oxygens (including phenoxy) is 3. The largest absolute Gasteiger partial charge is 0.480 e. The second kappa shape index (κ2) is 32.4. The van der Waals surface area contributed by atoms with Gasteiger partial charge in [-0.05, 0) is 58.7 Å². The van der Waals surface area contributed by atoms with Gasteiger partial charge in [0.15, 0.2) is 16.9 Å². The van der Waals surface area contributed by atoms with Crippen molar-refractivity contribution in [3.05, 3.63) is 252 Å². The van der Waals surface area contributed by atoms with E-state index in [-0.39, 0.29) is 50.3 Å². The minimum Gasteiger partial charge on any atom is -0.480 e. The number of nitrogens with two attached hydrogens (primary N) is 3. The average molecular weight is 1310 g/mol. The van der Waals surface area contributed by atoms with E-state index < -0.39 is 17.8 Å². The summed E-state index contributed by atoms with van der Waals surface area (Å²) in [7, 11) is 4.61. The van der Waals surface area contributed by atoms with Crippen LogP contribution in [0.25, 0.3) is 16.9 Å². The number of carboxylic acids is 1. The van der Waals surface area contributed by atoms with Crippen LogP contribution in [0.1, 0.15) is 75.6 Å². The van der Waals surface area contributed by atoms with Crippen molar-refractivity contribution in [3.8, 4) is 17.6 Å². The van der Waals surface area contributed by atoms with Gasteiger partial charge in [-0.1, -0.05) is 144 Å². The molecule has 0 spiro atoms. The van der Waals surface area contributed by atoms with Gasteiger partial charge in [0.25, 0.3) is 11.8 Å². The topological polar surface area (TPSA) is 349 Å². The first-order valence-corrected chi connectivity index (χ1v) is 29.0. The molecule has 97 heavy (non-hydrogen) atoms. The summed E-state index contributed by atoms with van der Waals surface area (Å²) in [6, 6.07) is 56.6. The van der Waals surface area contributed by atoms with Crippen molar-refractivity contribution in [2.45, 2.75) is 48.5 Å². The Balaban J connectivity index is 0.000000189. The predicted octanol–water partition coefficient (Wildman–Crippen LogP) is 11.4. The third-order valence-corrected chi connectivity index (χ3v) is 14.4. The Kier molecular flexibility index (Phi) is 23.3. The molecule has 0 aliphatic carbocycles. The summed E-state index contributed by atoms with van der Waals surface area (Å²) in [5, 5.41) is 32.2. The maximum Gasteiger partial charge on any atom is 0.341 e. The van der Waals surface area contributed by atoms with Crippen molar-refractivity contribution in [2.24, 2.45) is 11.5 Å². The number of aromatic carboxylic acids is 1. The van der Waals surface area contributed by atoms with Crippen molar-refractivity contribution in [2.75, 3.05) is 52.8 Å². The summed E-state index contributed by atoms with van der Waals surface area (Å²) in [5.74, 6) is 2.00. The number of nitrogens with one attached hydrogen (secondary N) is 3. The number of methoxy groups -OCH3 is 3. The summed E-state index contributed by atoms with van der Waals surface area (Å²) >= 11 is 0. The number of benzene rings is 4. The van der Waals surface area contributed by atoms with Gasteiger partial charge in [0.05, 0.1) is 39.9 Å². The molecule has 9 heterocycles. The Morgan fingerprint density at radius 3 is 1.05 bits per heavy atom. The van der Waals surface area contributed by atoms with Crippen LogP contribution in [-0.4, -0.2) is 103 Å². The van der Waals surface area contributed by atoms with Gasteiger partial charge < -0.3 is 62.3 Å². The molecule has 0 saturated heterocycles. The molecule has 13 rings (SSSR count). The van der Waals surface area contributed by atoms with E-state index in [9.17, 15) is 19.5 Å². The molecule has 0 saturated carbocycles. The lowest BCUT2D eigenvalue weighted by Crippen LogP contribution is -2.25. The summed E-state index contributed by atoms with van der Waals surface area (Å²) < 4.78 is 20.5. The molecule has 0 atom stereocenters. The van der Waals surface area contributed by atoms with Gasteiger partial charge in [0, 0.05) is 63.0 Å². The predicted molar refractivity (Wildman–Crippen MR) is 375 cm³/mol. The van der Waals surface area contributed by atoms with Gasteiger partial charge in [-0.2, -0.15) is 28.8 Å². The second-order valence-electron chi connectivity index (χ2n) is 20.7. The smallest absolute Gasteiger partial charge is 0.341 e. The van der Waals surface area contributed by atoms with Gasteiger partial charge >= 0.3 is 5.97 Å². The third kappa shape index (κ3) is 16.5. The number of amides is 2. The van der Waals surface area contributed by atoms with Crippen LogP contribution in [0, 0.1) is 0 Å². The molecule has 13 aromatic rings. The van der Waals surface area contributed by atoms with E-state index >= 15 is 0 Å². The highest BCUT2D eigenvalue weighted by Gasteiger charge is 2.24. The van der Waals surface area contributed by atoms with Crippen LogP contribution >= 0.6 is 0 Å². The molecule has 0 fully saturated rings. The number of primary amides is 2. The SMILES string of the molecule is C.C.C.COc1ncccc1Nc1cc(N(Cc2ccccc2)Cc2ccccc2)n2ncc(C(=O)O)c2n1.COc1ncccc1Nc1cc(N(Cc2ccccc2)Cc2ccccc2)n2ncc(C(N)=O)c2n1.COc1ncccc1Nc1cc(N)n2ncc(C(N)=O)c2n1. The summed E-state index contributed by atoms with van der Waals surface area (Å²) in [6.45, 7) is 2.37. The highest BCUT2D eigenvalue weighted by Crippen LogP contribution is 2.33. The second-order valence-corrected chi connectivity index (χ2v) is 20.7. The molecule has 496 valence electrons. The monoisotopic (exact) mass is 1310 g/mol. The van der Waals surface area contributed by atoms with Crippen LogP contribution in [0.5, 0.6) is 17.6 Å². The number of rotatable bonds is 22. The Morgan fingerprint density at radius 2 is 0.732 bits per heavy atom. The number of carbonyl (C=O) groups excluding carboxylic acids is 2. The highest BCUT2D eigenvalue weighted by molar-refractivity contribution is 6.00. The molecular formula is C70H74N20O7. The first kappa shape index (κ1) is 69.7.